The van der Waals surface area contributed by atoms with Crippen molar-refractivity contribution in [2.75, 3.05) is 0 Å². The third kappa shape index (κ3) is 2.13. The van der Waals surface area contributed by atoms with E-state index in [4.69, 9.17) is 0 Å². The highest BCUT2D eigenvalue weighted by molar-refractivity contribution is 6.08. The van der Waals surface area contributed by atoms with Crippen LogP contribution in [0.25, 0.3) is 10.8 Å². The summed E-state index contributed by atoms with van der Waals surface area (Å²) in [5.74, 6) is 0.249. The molecule has 2 aromatic rings. The number of ketones is 1. The van der Waals surface area contributed by atoms with Crippen molar-refractivity contribution in [3.8, 4) is 0 Å². The second kappa shape index (κ2) is 4.93. The molecule has 2 rings (SSSR count). The van der Waals surface area contributed by atoms with E-state index >= 15 is 0 Å². The Kier molecular flexibility index (Phi) is 3.35. The van der Waals surface area contributed by atoms with E-state index in [0.717, 1.165) is 29.2 Å². The SMILES string of the molecule is CCCCC(=O)c1cccc2c[c]ccc12. The van der Waals surface area contributed by atoms with Gasteiger partial charge in [0, 0.05) is 12.0 Å². The van der Waals surface area contributed by atoms with Gasteiger partial charge in [-0.05, 0) is 29.3 Å². The summed E-state index contributed by atoms with van der Waals surface area (Å²) in [6.07, 6.45) is 2.67. The number of hydrogen-bond acceptors (Lipinski definition) is 1. The van der Waals surface area contributed by atoms with E-state index < -0.39 is 0 Å². The molecule has 1 radical (unpaired) electrons. The van der Waals surface area contributed by atoms with Gasteiger partial charge in [0.1, 0.15) is 0 Å². The maximum atomic E-state index is 12.0. The Morgan fingerprint density at radius 2 is 2.19 bits per heavy atom. The maximum absolute atomic E-state index is 12.0. The molecule has 0 saturated carbocycles. The fourth-order valence-corrected chi connectivity index (χ4v) is 1.88. The summed E-state index contributed by atoms with van der Waals surface area (Å²) in [7, 11) is 0. The average molecular weight is 211 g/mol. The van der Waals surface area contributed by atoms with Crippen LogP contribution in [0.2, 0.25) is 0 Å². The first-order chi connectivity index (χ1) is 7.83. The summed E-state index contributed by atoms with van der Waals surface area (Å²) in [6.45, 7) is 2.10. The first-order valence-corrected chi connectivity index (χ1v) is 5.75. The summed E-state index contributed by atoms with van der Waals surface area (Å²) in [6, 6.07) is 14.7. The first kappa shape index (κ1) is 10.9. The molecule has 1 heteroatoms. The first-order valence-electron chi connectivity index (χ1n) is 5.75. The van der Waals surface area contributed by atoms with E-state index in [9.17, 15) is 4.79 Å². The van der Waals surface area contributed by atoms with Crippen molar-refractivity contribution in [2.45, 2.75) is 26.2 Å². The second-order valence-electron chi connectivity index (χ2n) is 3.98. The molecule has 0 aliphatic heterocycles. The highest BCUT2D eigenvalue weighted by Crippen LogP contribution is 2.20. The number of fused-ring (bicyclic) bond motifs is 1. The molecule has 0 aliphatic carbocycles. The van der Waals surface area contributed by atoms with Gasteiger partial charge in [-0.25, -0.2) is 0 Å². The minimum atomic E-state index is 0.249. The number of Topliss-reactive ketones (excluding diaryl/α,β-unsaturated/α-hetero) is 1. The standard InChI is InChI=1S/C15H15O/c1-2-3-11-15(16)14-10-6-8-12-7-4-5-9-13(12)14/h5-10H,2-3,11H2,1H3. The van der Waals surface area contributed by atoms with Gasteiger partial charge in [0.15, 0.2) is 5.78 Å². The molecule has 0 heterocycles. The molecule has 2 aromatic carbocycles. The molecule has 0 atom stereocenters. The van der Waals surface area contributed by atoms with Crippen LogP contribution in [0.4, 0.5) is 0 Å². The van der Waals surface area contributed by atoms with Crippen LogP contribution in [-0.2, 0) is 0 Å². The van der Waals surface area contributed by atoms with Crippen LogP contribution in [0.5, 0.6) is 0 Å². The lowest BCUT2D eigenvalue weighted by atomic mass is 9.99. The number of unbranched alkanes of at least 4 members (excludes halogenated alkanes) is 1. The van der Waals surface area contributed by atoms with Gasteiger partial charge in [-0.15, -0.1) is 0 Å². The fourth-order valence-electron chi connectivity index (χ4n) is 1.88. The molecule has 16 heavy (non-hydrogen) atoms. The number of carbonyl (C=O) groups excluding carboxylic acids is 1. The number of hydrogen-bond donors (Lipinski definition) is 0. The zero-order valence-electron chi connectivity index (χ0n) is 9.49. The van der Waals surface area contributed by atoms with Crippen molar-refractivity contribution in [3.63, 3.8) is 0 Å². The molecule has 0 saturated heterocycles. The zero-order chi connectivity index (χ0) is 11.4. The van der Waals surface area contributed by atoms with Gasteiger partial charge >= 0.3 is 0 Å². The summed E-state index contributed by atoms with van der Waals surface area (Å²) >= 11 is 0. The Labute approximate surface area is 96.1 Å². The molecule has 0 spiro atoms. The van der Waals surface area contributed by atoms with E-state index in [1.165, 1.54) is 0 Å². The van der Waals surface area contributed by atoms with Gasteiger partial charge in [0.25, 0.3) is 0 Å². The molecule has 81 valence electrons. The van der Waals surface area contributed by atoms with Crippen LogP contribution in [0.3, 0.4) is 0 Å². The lowest BCUT2D eigenvalue weighted by Crippen LogP contribution is -1.99. The van der Waals surface area contributed by atoms with Crippen LogP contribution in [0, 0.1) is 6.07 Å². The molecule has 0 amide bonds. The smallest absolute Gasteiger partial charge is 0.163 e. The van der Waals surface area contributed by atoms with Crippen molar-refractivity contribution >= 4 is 16.6 Å². The Balaban J connectivity index is 2.40. The van der Waals surface area contributed by atoms with E-state index in [2.05, 4.69) is 13.0 Å². The van der Waals surface area contributed by atoms with E-state index in [0.29, 0.717) is 6.42 Å². The topological polar surface area (TPSA) is 17.1 Å². The van der Waals surface area contributed by atoms with Gasteiger partial charge in [0.05, 0.1) is 0 Å². The predicted octanol–water partition coefficient (Wildman–Crippen LogP) is 4.01. The van der Waals surface area contributed by atoms with Gasteiger partial charge in [0.2, 0.25) is 0 Å². The molecule has 0 bridgehead atoms. The van der Waals surface area contributed by atoms with Crippen LogP contribution in [0.15, 0.2) is 36.4 Å². The number of benzene rings is 2. The average Bonchev–Trinajstić information content (AvgIpc) is 2.35. The van der Waals surface area contributed by atoms with Crippen molar-refractivity contribution < 1.29 is 4.79 Å². The zero-order valence-corrected chi connectivity index (χ0v) is 9.49. The fraction of sp³-hybridized carbons (Fsp3) is 0.267. The number of carbonyl (C=O) groups is 1. The number of rotatable bonds is 4. The molecule has 0 unspecified atom stereocenters. The highest BCUT2D eigenvalue weighted by Gasteiger charge is 2.08. The van der Waals surface area contributed by atoms with Gasteiger partial charge in [-0.3, -0.25) is 4.79 Å². The minimum absolute atomic E-state index is 0.249. The van der Waals surface area contributed by atoms with Gasteiger partial charge in [-0.2, -0.15) is 0 Å². The summed E-state index contributed by atoms with van der Waals surface area (Å²) in [5, 5.41) is 2.13. The summed E-state index contributed by atoms with van der Waals surface area (Å²) < 4.78 is 0. The largest absolute Gasteiger partial charge is 0.294 e. The maximum Gasteiger partial charge on any atom is 0.163 e. The highest BCUT2D eigenvalue weighted by atomic mass is 16.1. The molecular formula is C15H15O. The van der Waals surface area contributed by atoms with Crippen molar-refractivity contribution in [3.05, 3.63) is 48.0 Å². The van der Waals surface area contributed by atoms with Crippen LogP contribution >= 0.6 is 0 Å². The predicted molar refractivity (Wildman–Crippen MR) is 66.6 cm³/mol. The van der Waals surface area contributed by atoms with Gasteiger partial charge < -0.3 is 0 Å². The van der Waals surface area contributed by atoms with Crippen molar-refractivity contribution in [2.24, 2.45) is 0 Å². The molecule has 0 N–H and O–H groups in total. The summed E-state index contributed by atoms with van der Waals surface area (Å²) in [5.41, 5.74) is 0.847. The molecule has 1 nitrogen and oxygen atoms in total. The molecular weight excluding hydrogens is 196 g/mol. The Bertz CT molecular complexity index is 494. The normalized spacial score (nSPS) is 10.6. The Morgan fingerprint density at radius 1 is 1.31 bits per heavy atom. The van der Waals surface area contributed by atoms with E-state index in [-0.39, 0.29) is 5.78 Å². The Hall–Kier alpha value is -1.63. The van der Waals surface area contributed by atoms with Gasteiger partial charge in [-0.1, -0.05) is 43.7 Å². The van der Waals surface area contributed by atoms with E-state index in [1.807, 2.05) is 36.4 Å². The monoisotopic (exact) mass is 211 g/mol. The molecule has 0 fully saturated rings. The van der Waals surface area contributed by atoms with Crippen molar-refractivity contribution in [1.82, 2.24) is 0 Å². The molecule has 0 aromatic heterocycles. The van der Waals surface area contributed by atoms with Crippen LogP contribution < -0.4 is 0 Å². The lowest BCUT2D eigenvalue weighted by Gasteiger charge is -2.04. The van der Waals surface area contributed by atoms with Crippen LogP contribution in [-0.4, -0.2) is 5.78 Å². The summed E-state index contributed by atoms with van der Waals surface area (Å²) in [4.78, 5) is 12.0. The van der Waals surface area contributed by atoms with Crippen LogP contribution in [0.1, 0.15) is 36.5 Å². The third-order valence-corrected chi connectivity index (χ3v) is 2.78. The lowest BCUT2D eigenvalue weighted by molar-refractivity contribution is 0.0981. The second-order valence-corrected chi connectivity index (χ2v) is 3.98. The molecule has 0 aliphatic rings. The minimum Gasteiger partial charge on any atom is -0.294 e. The third-order valence-electron chi connectivity index (χ3n) is 2.78. The van der Waals surface area contributed by atoms with E-state index in [1.54, 1.807) is 0 Å². The van der Waals surface area contributed by atoms with Crippen molar-refractivity contribution in [1.29, 1.82) is 0 Å². The quantitative estimate of drug-likeness (QED) is 0.698. The Morgan fingerprint density at radius 3 is 3.00 bits per heavy atom.